The van der Waals surface area contributed by atoms with Gasteiger partial charge in [0.15, 0.2) is 5.60 Å². The number of carbonyl (C=O) groups is 2. The molecule has 0 spiro atoms. The van der Waals surface area contributed by atoms with Crippen LogP contribution in [0.4, 0.5) is 0 Å². The Morgan fingerprint density at radius 1 is 0.491 bits per heavy atom. The Balaban J connectivity index is 4.77. The summed E-state index contributed by atoms with van der Waals surface area (Å²) >= 11 is 0. The van der Waals surface area contributed by atoms with Gasteiger partial charge in [0.05, 0.1) is 0 Å². The molecule has 5 heteroatoms. The second kappa shape index (κ2) is 40.1. The van der Waals surface area contributed by atoms with Gasteiger partial charge >= 0.3 is 5.97 Å². The van der Waals surface area contributed by atoms with E-state index < -0.39 is 5.60 Å². The molecule has 0 aliphatic carbocycles. The molecule has 0 rings (SSSR count). The highest BCUT2D eigenvalue weighted by Gasteiger charge is 2.41. The summed E-state index contributed by atoms with van der Waals surface area (Å²) in [6.07, 6.45) is 49.1. The molecule has 5 nitrogen and oxygen atoms in total. The van der Waals surface area contributed by atoms with E-state index in [0.717, 1.165) is 51.5 Å². The Hall–Kier alpha value is -1.62. The molecule has 0 fully saturated rings. The van der Waals surface area contributed by atoms with E-state index in [9.17, 15) is 9.59 Å². The minimum atomic E-state index is -1.04. The van der Waals surface area contributed by atoms with Crippen molar-refractivity contribution in [3.63, 3.8) is 0 Å². The van der Waals surface area contributed by atoms with Gasteiger partial charge in [0, 0.05) is 13.0 Å². The maximum atomic E-state index is 13.8. The van der Waals surface area contributed by atoms with Gasteiger partial charge in [-0.2, -0.15) is 0 Å². The number of nitrogens with zero attached hydrogens (tertiary/aromatic N) is 1. The first-order chi connectivity index (χ1) is 25.9. The monoisotopic (exact) mass is 745 g/mol. The normalized spacial score (nSPS) is 12.1. The van der Waals surface area contributed by atoms with Crippen LogP contribution in [0.5, 0.6) is 0 Å². The lowest BCUT2D eigenvalue weighted by atomic mass is 9.88. The molecule has 0 aliphatic heterocycles. The van der Waals surface area contributed by atoms with Gasteiger partial charge in [0.1, 0.15) is 0 Å². The summed E-state index contributed by atoms with van der Waals surface area (Å²) in [6.45, 7) is 8.19. The molecular formula is C48H92N2O3. The van der Waals surface area contributed by atoms with Gasteiger partial charge < -0.3 is 15.0 Å². The van der Waals surface area contributed by atoms with Crippen molar-refractivity contribution in [2.75, 3.05) is 27.2 Å². The lowest BCUT2D eigenvalue weighted by Crippen LogP contribution is -2.50. The van der Waals surface area contributed by atoms with E-state index in [0.29, 0.717) is 25.8 Å². The molecule has 0 unspecified atom stereocenters. The molecule has 0 aromatic carbocycles. The van der Waals surface area contributed by atoms with Crippen molar-refractivity contribution in [3.8, 4) is 0 Å². The van der Waals surface area contributed by atoms with Crippen molar-refractivity contribution in [1.82, 2.24) is 10.2 Å². The molecule has 1 amide bonds. The zero-order valence-corrected chi connectivity index (χ0v) is 36.4. The predicted molar refractivity (Wildman–Crippen MR) is 233 cm³/mol. The summed E-state index contributed by atoms with van der Waals surface area (Å²) < 4.78 is 6.28. The molecule has 0 radical (unpaired) electrons. The van der Waals surface area contributed by atoms with Crippen LogP contribution in [-0.2, 0) is 14.3 Å². The number of hydrogen-bond donors (Lipinski definition) is 1. The Morgan fingerprint density at radius 3 is 1.23 bits per heavy atom. The minimum Gasteiger partial charge on any atom is -0.449 e. The van der Waals surface area contributed by atoms with E-state index in [4.69, 9.17) is 4.74 Å². The molecule has 0 saturated carbocycles. The van der Waals surface area contributed by atoms with Crippen LogP contribution >= 0.6 is 0 Å². The van der Waals surface area contributed by atoms with E-state index in [1.54, 1.807) is 0 Å². The van der Waals surface area contributed by atoms with Gasteiger partial charge in [-0.05, 0) is 111 Å². The maximum Gasteiger partial charge on any atom is 0.306 e. The molecule has 0 aliphatic rings. The summed E-state index contributed by atoms with van der Waals surface area (Å²) in [5.74, 6) is -0.279. The number of esters is 1. The Bertz CT molecular complexity index is 810. The van der Waals surface area contributed by atoms with E-state index in [2.05, 4.69) is 55.3 Å². The zero-order valence-electron chi connectivity index (χ0n) is 36.4. The lowest BCUT2D eigenvalue weighted by Gasteiger charge is -2.33. The number of rotatable bonds is 41. The molecule has 0 atom stereocenters. The van der Waals surface area contributed by atoms with Crippen molar-refractivity contribution in [1.29, 1.82) is 0 Å². The highest BCUT2D eigenvalue weighted by Crippen LogP contribution is 2.29. The topological polar surface area (TPSA) is 58.6 Å². The highest BCUT2D eigenvalue weighted by atomic mass is 16.6. The van der Waals surface area contributed by atoms with Crippen LogP contribution in [0.3, 0.4) is 0 Å². The highest BCUT2D eigenvalue weighted by molar-refractivity contribution is 5.87. The van der Waals surface area contributed by atoms with Gasteiger partial charge in [-0.3, -0.25) is 9.59 Å². The van der Waals surface area contributed by atoms with Crippen LogP contribution < -0.4 is 5.32 Å². The molecule has 0 bridgehead atoms. The fourth-order valence-corrected chi connectivity index (χ4v) is 7.16. The fourth-order valence-electron chi connectivity index (χ4n) is 7.16. The van der Waals surface area contributed by atoms with Crippen molar-refractivity contribution >= 4 is 11.9 Å². The van der Waals surface area contributed by atoms with Gasteiger partial charge in [0.25, 0.3) is 5.91 Å². The molecule has 53 heavy (non-hydrogen) atoms. The Morgan fingerprint density at radius 2 is 0.849 bits per heavy atom. The van der Waals surface area contributed by atoms with Crippen LogP contribution in [0, 0.1) is 0 Å². The van der Waals surface area contributed by atoms with Crippen molar-refractivity contribution in [2.45, 2.75) is 245 Å². The number of nitrogens with one attached hydrogen (secondary N) is 1. The summed E-state index contributed by atoms with van der Waals surface area (Å²) in [5, 5.41) is 3.18. The van der Waals surface area contributed by atoms with Crippen molar-refractivity contribution in [2.24, 2.45) is 0 Å². The average molecular weight is 745 g/mol. The lowest BCUT2D eigenvalue weighted by molar-refractivity contribution is -0.171. The van der Waals surface area contributed by atoms with Crippen molar-refractivity contribution in [3.05, 3.63) is 24.3 Å². The van der Waals surface area contributed by atoms with E-state index in [1.165, 1.54) is 154 Å². The molecule has 0 aromatic rings. The molecule has 1 N–H and O–H groups in total. The second-order valence-electron chi connectivity index (χ2n) is 16.4. The number of carbonyl (C=O) groups excluding carboxylic acids is 2. The zero-order chi connectivity index (χ0) is 38.9. The third-order valence-electron chi connectivity index (χ3n) is 10.7. The third-order valence-corrected chi connectivity index (χ3v) is 10.7. The molecule has 0 heterocycles. The predicted octanol–water partition coefficient (Wildman–Crippen LogP) is 14.4. The number of allylic oxidation sites excluding steroid dienone is 4. The van der Waals surface area contributed by atoms with E-state index >= 15 is 0 Å². The Labute approximate surface area is 331 Å². The number of hydrogen-bond acceptors (Lipinski definition) is 4. The summed E-state index contributed by atoms with van der Waals surface area (Å²) in [4.78, 5) is 29.1. The van der Waals surface area contributed by atoms with Gasteiger partial charge in [-0.15, -0.1) is 0 Å². The van der Waals surface area contributed by atoms with E-state index in [1.807, 2.05) is 14.1 Å². The van der Waals surface area contributed by atoms with Crippen molar-refractivity contribution < 1.29 is 14.3 Å². The summed E-state index contributed by atoms with van der Waals surface area (Å²) in [5.41, 5.74) is -1.04. The summed E-state index contributed by atoms with van der Waals surface area (Å²) in [7, 11) is 4.05. The molecule has 312 valence electrons. The number of amides is 1. The SMILES string of the molecule is CCCCCCCC/C=C\CCCCCCCCC(CCCCCCCC/C=C\CCCCCCCC)(OC(=O)CCCN(C)C)C(=O)NCCCC. The van der Waals surface area contributed by atoms with E-state index in [-0.39, 0.29) is 11.9 Å². The Kier molecular flexibility index (Phi) is 38.8. The van der Waals surface area contributed by atoms with Crippen LogP contribution in [0.1, 0.15) is 239 Å². The van der Waals surface area contributed by atoms with Crippen LogP contribution in [-0.4, -0.2) is 49.6 Å². The fraction of sp³-hybridized carbons (Fsp3) is 0.875. The summed E-state index contributed by atoms with van der Waals surface area (Å²) in [6, 6.07) is 0. The van der Waals surface area contributed by atoms with Crippen LogP contribution in [0.2, 0.25) is 0 Å². The molecular weight excluding hydrogens is 653 g/mol. The largest absolute Gasteiger partial charge is 0.449 e. The number of unbranched alkanes of at least 4 members (excludes halogenated alkanes) is 25. The standard InChI is InChI=1S/C48H92N2O3/c1-6-9-12-14-16-18-20-22-24-26-28-30-32-34-36-38-42-48(47(52)49-44-11-8-3,53-46(51)41-40-45-50(4)5)43-39-37-35-33-31-29-27-25-23-21-19-17-15-13-10-7-2/h22-25H,6-21,26-45H2,1-5H3,(H,49,52)/b24-22-,25-23-. The van der Waals surface area contributed by atoms with Gasteiger partial charge in [-0.1, -0.05) is 167 Å². The first-order valence-electron chi connectivity index (χ1n) is 23.4. The van der Waals surface area contributed by atoms with Gasteiger partial charge in [-0.25, -0.2) is 0 Å². The third kappa shape index (κ3) is 34.6. The van der Waals surface area contributed by atoms with Crippen LogP contribution in [0.25, 0.3) is 0 Å². The molecule has 0 saturated heterocycles. The average Bonchev–Trinajstić information content (AvgIpc) is 3.14. The number of ether oxygens (including phenoxy) is 1. The van der Waals surface area contributed by atoms with Gasteiger partial charge in [0.2, 0.25) is 0 Å². The first-order valence-corrected chi connectivity index (χ1v) is 23.4. The maximum absolute atomic E-state index is 13.8. The second-order valence-corrected chi connectivity index (χ2v) is 16.4. The first kappa shape index (κ1) is 51.4. The quantitative estimate of drug-likeness (QED) is 0.0385. The smallest absolute Gasteiger partial charge is 0.306 e. The minimum absolute atomic E-state index is 0.0626. The van der Waals surface area contributed by atoms with Crippen LogP contribution in [0.15, 0.2) is 24.3 Å². The molecule has 0 aromatic heterocycles.